The maximum absolute atomic E-state index is 13.2. The third-order valence-corrected chi connectivity index (χ3v) is 5.62. The topological polar surface area (TPSA) is 67.2 Å². The van der Waals surface area contributed by atoms with E-state index in [-0.39, 0.29) is 5.91 Å². The fourth-order valence-corrected chi connectivity index (χ4v) is 4.07. The van der Waals surface area contributed by atoms with Crippen LogP contribution in [0, 0.1) is 0 Å². The number of benzene rings is 2. The average Bonchev–Trinajstić information content (AvgIpc) is 3.04. The number of carbonyl (C=O) groups is 1. The monoisotopic (exact) mass is 406 g/mol. The summed E-state index contributed by atoms with van der Waals surface area (Å²) >= 11 is 0. The van der Waals surface area contributed by atoms with Crippen molar-refractivity contribution in [3.05, 3.63) is 95.7 Å². The van der Waals surface area contributed by atoms with Crippen LogP contribution in [-0.4, -0.2) is 21.6 Å². The SMILES string of the molecule is O=C(N/N=C1\CCCCc2ccccc21)c1cc(-c2ccccn2)nc2ccccc12. The van der Waals surface area contributed by atoms with Gasteiger partial charge in [0.05, 0.1) is 28.2 Å². The molecule has 1 aliphatic rings. The van der Waals surface area contributed by atoms with Crippen LogP contribution >= 0.6 is 0 Å². The Morgan fingerprint density at radius 3 is 2.58 bits per heavy atom. The first-order valence-electron chi connectivity index (χ1n) is 10.6. The van der Waals surface area contributed by atoms with Crippen LogP contribution in [0.15, 0.2) is 84.1 Å². The lowest BCUT2D eigenvalue weighted by molar-refractivity contribution is 0.0956. The van der Waals surface area contributed by atoms with E-state index in [4.69, 9.17) is 4.98 Å². The summed E-state index contributed by atoms with van der Waals surface area (Å²) in [5, 5.41) is 5.34. The first-order valence-corrected chi connectivity index (χ1v) is 10.6. The van der Waals surface area contributed by atoms with Gasteiger partial charge in [-0.25, -0.2) is 10.4 Å². The van der Waals surface area contributed by atoms with Crippen molar-refractivity contribution in [2.45, 2.75) is 25.7 Å². The number of aromatic nitrogens is 2. The highest BCUT2D eigenvalue weighted by atomic mass is 16.2. The van der Waals surface area contributed by atoms with Gasteiger partial charge in [-0.1, -0.05) is 48.5 Å². The van der Waals surface area contributed by atoms with Crippen LogP contribution in [0.5, 0.6) is 0 Å². The molecule has 0 aliphatic heterocycles. The molecule has 0 saturated carbocycles. The second-order valence-corrected chi connectivity index (χ2v) is 7.65. The maximum Gasteiger partial charge on any atom is 0.272 e. The molecule has 4 aromatic rings. The number of nitrogens with one attached hydrogen (secondary N) is 1. The van der Waals surface area contributed by atoms with E-state index in [2.05, 4.69) is 33.7 Å². The van der Waals surface area contributed by atoms with Crippen molar-refractivity contribution in [3.8, 4) is 11.4 Å². The first-order chi connectivity index (χ1) is 15.3. The van der Waals surface area contributed by atoms with Crippen molar-refractivity contribution in [2.24, 2.45) is 5.10 Å². The number of rotatable bonds is 3. The molecule has 2 aromatic heterocycles. The van der Waals surface area contributed by atoms with Gasteiger partial charge in [-0.15, -0.1) is 0 Å². The Morgan fingerprint density at radius 1 is 0.871 bits per heavy atom. The number of hydrazone groups is 1. The quantitative estimate of drug-likeness (QED) is 0.378. The van der Waals surface area contributed by atoms with Gasteiger partial charge in [0.1, 0.15) is 0 Å². The Bertz CT molecular complexity index is 1280. The third-order valence-electron chi connectivity index (χ3n) is 5.62. The van der Waals surface area contributed by atoms with E-state index >= 15 is 0 Å². The van der Waals surface area contributed by atoms with Gasteiger partial charge >= 0.3 is 0 Å². The largest absolute Gasteiger partial charge is 0.272 e. The van der Waals surface area contributed by atoms with Crippen molar-refractivity contribution in [1.82, 2.24) is 15.4 Å². The minimum Gasteiger partial charge on any atom is -0.267 e. The van der Waals surface area contributed by atoms with E-state index in [9.17, 15) is 4.79 Å². The zero-order valence-corrected chi connectivity index (χ0v) is 17.1. The molecule has 0 fully saturated rings. The summed E-state index contributed by atoms with van der Waals surface area (Å²) in [4.78, 5) is 22.3. The summed E-state index contributed by atoms with van der Waals surface area (Å²) < 4.78 is 0. The van der Waals surface area contributed by atoms with E-state index in [1.165, 1.54) is 5.56 Å². The number of hydrogen-bond acceptors (Lipinski definition) is 4. The van der Waals surface area contributed by atoms with Crippen LogP contribution in [0.25, 0.3) is 22.3 Å². The molecule has 31 heavy (non-hydrogen) atoms. The van der Waals surface area contributed by atoms with Gasteiger partial charge in [-0.2, -0.15) is 5.10 Å². The van der Waals surface area contributed by atoms with E-state index in [1.807, 2.05) is 48.5 Å². The predicted molar refractivity (Wildman–Crippen MR) is 123 cm³/mol. The highest BCUT2D eigenvalue weighted by molar-refractivity contribution is 6.08. The smallest absolute Gasteiger partial charge is 0.267 e. The Balaban J connectivity index is 1.52. The normalized spacial score (nSPS) is 14.8. The summed E-state index contributed by atoms with van der Waals surface area (Å²) in [6.07, 6.45) is 5.82. The molecule has 2 aromatic carbocycles. The first kappa shape index (κ1) is 19.1. The van der Waals surface area contributed by atoms with E-state index < -0.39 is 0 Å². The Hall–Kier alpha value is -3.86. The van der Waals surface area contributed by atoms with Crippen LogP contribution in [0.2, 0.25) is 0 Å². The molecule has 0 bridgehead atoms. The van der Waals surface area contributed by atoms with Gasteiger partial charge in [0.15, 0.2) is 0 Å². The van der Waals surface area contributed by atoms with E-state index in [0.717, 1.165) is 53.6 Å². The standard InChI is InChI=1S/C26H22N4O/c31-26(30-29-23-14-5-2-10-18-9-1-3-11-19(18)23)21-17-25(24-15-7-8-16-27-24)28-22-13-6-4-12-20(21)22/h1,3-4,6-9,11-13,15-17H,2,5,10,14H2,(H,30,31)/b29-23+. The molecule has 0 saturated heterocycles. The number of aryl methyl sites for hydroxylation is 1. The fraction of sp³-hybridized carbons (Fsp3) is 0.154. The second kappa shape index (κ2) is 8.48. The molecule has 0 radical (unpaired) electrons. The van der Waals surface area contributed by atoms with Crippen molar-refractivity contribution in [3.63, 3.8) is 0 Å². The van der Waals surface area contributed by atoms with Crippen molar-refractivity contribution >= 4 is 22.5 Å². The molecule has 2 heterocycles. The Labute approximate surface area is 180 Å². The molecule has 5 heteroatoms. The van der Waals surface area contributed by atoms with Crippen LogP contribution < -0.4 is 5.43 Å². The fourth-order valence-electron chi connectivity index (χ4n) is 4.07. The molecule has 152 valence electrons. The molecular weight excluding hydrogens is 384 g/mol. The van der Waals surface area contributed by atoms with Gasteiger partial charge in [0, 0.05) is 17.1 Å². The lowest BCUT2D eigenvalue weighted by Crippen LogP contribution is -2.21. The van der Waals surface area contributed by atoms with Crippen molar-refractivity contribution in [1.29, 1.82) is 0 Å². The lowest BCUT2D eigenvalue weighted by atomic mass is 10.0. The number of para-hydroxylation sites is 1. The zero-order chi connectivity index (χ0) is 21.0. The number of amides is 1. The highest BCUT2D eigenvalue weighted by Gasteiger charge is 2.16. The molecular formula is C26H22N4O. The maximum atomic E-state index is 13.2. The van der Waals surface area contributed by atoms with Crippen molar-refractivity contribution in [2.75, 3.05) is 0 Å². The number of fused-ring (bicyclic) bond motifs is 2. The predicted octanol–water partition coefficient (Wildman–Crippen LogP) is 5.16. The number of hydrogen-bond donors (Lipinski definition) is 1. The second-order valence-electron chi connectivity index (χ2n) is 7.65. The van der Waals surface area contributed by atoms with Crippen LogP contribution in [-0.2, 0) is 6.42 Å². The molecule has 0 unspecified atom stereocenters. The molecule has 1 amide bonds. The summed E-state index contributed by atoms with van der Waals surface area (Å²) in [5.41, 5.74) is 8.85. The average molecular weight is 406 g/mol. The summed E-state index contributed by atoms with van der Waals surface area (Å²) in [5.74, 6) is -0.245. The number of nitrogens with zero attached hydrogens (tertiary/aromatic N) is 3. The minimum atomic E-state index is -0.245. The summed E-state index contributed by atoms with van der Waals surface area (Å²) in [6, 6.07) is 23.4. The highest BCUT2D eigenvalue weighted by Crippen LogP contribution is 2.24. The van der Waals surface area contributed by atoms with Crippen LogP contribution in [0.3, 0.4) is 0 Å². The lowest BCUT2D eigenvalue weighted by Gasteiger charge is -2.10. The number of carbonyl (C=O) groups excluding carboxylic acids is 1. The van der Waals surface area contributed by atoms with E-state index in [0.29, 0.717) is 11.3 Å². The summed E-state index contributed by atoms with van der Waals surface area (Å²) in [7, 11) is 0. The molecule has 1 N–H and O–H groups in total. The van der Waals surface area contributed by atoms with Gasteiger partial charge in [-0.05, 0) is 55.5 Å². The molecule has 0 spiro atoms. The van der Waals surface area contributed by atoms with Gasteiger partial charge < -0.3 is 0 Å². The Kier molecular flexibility index (Phi) is 5.23. The van der Waals surface area contributed by atoms with Crippen LogP contribution in [0.4, 0.5) is 0 Å². The van der Waals surface area contributed by atoms with Gasteiger partial charge in [0.2, 0.25) is 0 Å². The molecule has 1 aliphatic carbocycles. The molecule has 5 rings (SSSR count). The zero-order valence-electron chi connectivity index (χ0n) is 17.1. The van der Waals surface area contributed by atoms with Gasteiger partial charge in [0.25, 0.3) is 5.91 Å². The minimum absolute atomic E-state index is 0.245. The number of pyridine rings is 2. The Morgan fingerprint density at radius 2 is 1.68 bits per heavy atom. The van der Waals surface area contributed by atoms with Crippen LogP contribution in [0.1, 0.15) is 40.7 Å². The summed E-state index contributed by atoms with van der Waals surface area (Å²) in [6.45, 7) is 0. The van der Waals surface area contributed by atoms with Gasteiger partial charge in [-0.3, -0.25) is 9.78 Å². The van der Waals surface area contributed by atoms with E-state index in [1.54, 1.807) is 12.3 Å². The van der Waals surface area contributed by atoms with Crippen molar-refractivity contribution < 1.29 is 4.79 Å². The molecule has 5 nitrogen and oxygen atoms in total. The third kappa shape index (κ3) is 3.94. The molecule has 0 atom stereocenters.